The van der Waals surface area contributed by atoms with Gasteiger partial charge in [0.15, 0.2) is 5.03 Å². The highest BCUT2D eigenvalue weighted by atomic mass is 32.2. The number of imidazole rings is 1. The number of hydrogen-bond donors (Lipinski definition) is 3. The number of nitrogens with one attached hydrogen (secondary N) is 2. The first-order valence-corrected chi connectivity index (χ1v) is 16.5. The Morgan fingerprint density at radius 1 is 1.23 bits per heavy atom. The molecular formula is C30H48N6O7S. The molecule has 3 rings (SSSR count). The lowest BCUT2D eigenvalue weighted by molar-refractivity contribution is -0.00835. The number of sulfonamides is 1. The maximum atomic E-state index is 14.2. The predicted molar refractivity (Wildman–Crippen MR) is 167 cm³/mol. The van der Waals surface area contributed by atoms with E-state index >= 15 is 0 Å². The maximum Gasteiger partial charge on any atom is 0.319 e. The Morgan fingerprint density at radius 3 is 2.59 bits per heavy atom. The third-order valence-corrected chi connectivity index (χ3v) is 9.23. The number of aromatic nitrogens is 2. The number of carbonyl (C=O) groups excluding carboxylic acids is 2. The van der Waals surface area contributed by atoms with Gasteiger partial charge in [-0.3, -0.25) is 4.79 Å². The smallest absolute Gasteiger partial charge is 0.319 e. The number of ether oxygens (including phenoxy) is 2. The van der Waals surface area contributed by atoms with E-state index in [2.05, 4.69) is 15.6 Å². The number of carbonyl (C=O) groups is 2. The van der Waals surface area contributed by atoms with Gasteiger partial charge in [0.1, 0.15) is 5.75 Å². The van der Waals surface area contributed by atoms with Crippen molar-refractivity contribution >= 4 is 27.6 Å². The minimum atomic E-state index is -3.87. The molecule has 1 aliphatic heterocycles. The summed E-state index contributed by atoms with van der Waals surface area (Å²) < 4.78 is 41.8. The zero-order valence-corrected chi connectivity index (χ0v) is 27.6. The van der Waals surface area contributed by atoms with E-state index in [1.165, 1.54) is 23.9 Å². The number of likely N-dealkylation sites (N-methyl/N-ethyl adjacent to an activating group) is 1. The van der Waals surface area contributed by atoms with Crippen LogP contribution in [-0.4, -0.2) is 102 Å². The Morgan fingerprint density at radius 2 is 1.95 bits per heavy atom. The second-order valence-corrected chi connectivity index (χ2v) is 13.9. The standard InChI is InChI=1S/C30H48N6O7S/c1-20(2)32-30(39)33-24-11-12-26-25(14-24)29(38)36(22(4)18-37)15-21(3)27(42-13-9-8-10-23(5)43-26)16-35(7)44(40,41)28-17-34(6)19-31-28/h11-12,14,17,19-23,27,37H,8-10,13,15-16,18H2,1-7H3,(H2,32,33,39)/t21-,22-,23+,27-/m0/s1. The molecule has 2 aromatic rings. The van der Waals surface area contributed by atoms with E-state index in [0.29, 0.717) is 24.5 Å². The van der Waals surface area contributed by atoms with E-state index in [1.807, 2.05) is 27.7 Å². The van der Waals surface area contributed by atoms with Gasteiger partial charge < -0.3 is 34.7 Å². The average molecular weight is 637 g/mol. The fourth-order valence-corrected chi connectivity index (χ4v) is 6.07. The van der Waals surface area contributed by atoms with E-state index in [0.717, 1.165) is 12.8 Å². The summed E-state index contributed by atoms with van der Waals surface area (Å²) in [5.41, 5.74) is 0.663. The quantitative estimate of drug-likeness (QED) is 0.399. The van der Waals surface area contributed by atoms with Crippen LogP contribution in [0.2, 0.25) is 0 Å². The number of rotatable bonds is 8. The van der Waals surface area contributed by atoms with Crippen molar-refractivity contribution in [3.05, 3.63) is 36.3 Å². The number of aryl methyl sites for hydroxylation is 1. The SMILES string of the molecule is CC(C)NC(=O)Nc1ccc2c(c1)C(=O)N([C@@H](C)CO)C[C@H](C)[C@H](CN(C)S(=O)(=O)c1cn(C)cn1)OCCCC[C@@H](C)O2. The van der Waals surface area contributed by atoms with Crippen LogP contribution in [0.3, 0.4) is 0 Å². The fraction of sp³-hybridized carbons (Fsp3) is 0.633. The molecule has 0 saturated heterocycles. The minimum absolute atomic E-state index is 0.0464. The van der Waals surface area contributed by atoms with Crippen LogP contribution >= 0.6 is 0 Å². The van der Waals surface area contributed by atoms with Crippen LogP contribution in [0.25, 0.3) is 0 Å². The average Bonchev–Trinajstić information content (AvgIpc) is 3.41. The molecule has 0 saturated carbocycles. The lowest BCUT2D eigenvalue weighted by Gasteiger charge is -2.35. The third kappa shape index (κ3) is 9.40. The summed E-state index contributed by atoms with van der Waals surface area (Å²) >= 11 is 0. The van der Waals surface area contributed by atoms with Crippen molar-refractivity contribution in [2.75, 3.05) is 38.7 Å². The second-order valence-electron chi connectivity index (χ2n) is 11.9. The molecule has 2 heterocycles. The number of hydrogen-bond acceptors (Lipinski definition) is 8. The molecular weight excluding hydrogens is 588 g/mol. The Balaban J connectivity index is 1.96. The monoisotopic (exact) mass is 636 g/mol. The summed E-state index contributed by atoms with van der Waals surface area (Å²) in [5, 5.41) is 15.6. The van der Waals surface area contributed by atoms with Gasteiger partial charge in [-0.1, -0.05) is 6.92 Å². The van der Waals surface area contributed by atoms with Gasteiger partial charge in [0.05, 0.1) is 36.7 Å². The number of nitrogens with zero attached hydrogens (tertiary/aromatic N) is 4. The molecule has 3 amide bonds. The summed E-state index contributed by atoms with van der Waals surface area (Å²) in [7, 11) is -0.682. The van der Waals surface area contributed by atoms with E-state index in [9.17, 15) is 23.1 Å². The summed E-state index contributed by atoms with van der Waals surface area (Å²) in [6, 6.07) is 3.90. The number of aliphatic hydroxyl groups is 1. The predicted octanol–water partition coefficient (Wildman–Crippen LogP) is 3.07. The Bertz CT molecular complexity index is 1370. The van der Waals surface area contributed by atoms with Crippen LogP contribution in [0.5, 0.6) is 5.75 Å². The number of amides is 3. The molecule has 0 fully saturated rings. The van der Waals surface area contributed by atoms with Crippen molar-refractivity contribution in [3.63, 3.8) is 0 Å². The van der Waals surface area contributed by atoms with E-state index in [4.69, 9.17) is 9.47 Å². The van der Waals surface area contributed by atoms with Crippen LogP contribution in [-0.2, 0) is 21.8 Å². The number of urea groups is 1. The van der Waals surface area contributed by atoms with Gasteiger partial charge in [-0.25, -0.2) is 18.2 Å². The number of aliphatic hydroxyl groups excluding tert-OH is 1. The van der Waals surface area contributed by atoms with Crippen molar-refractivity contribution in [3.8, 4) is 5.75 Å². The molecule has 4 atom stereocenters. The number of anilines is 1. The highest BCUT2D eigenvalue weighted by molar-refractivity contribution is 7.89. The van der Waals surface area contributed by atoms with Gasteiger partial charge in [0.25, 0.3) is 15.9 Å². The van der Waals surface area contributed by atoms with Crippen molar-refractivity contribution < 1.29 is 32.6 Å². The molecule has 0 spiro atoms. The van der Waals surface area contributed by atoms with Gasteiger partial charge in [-0.05, 0) is 65.2 Å². The Hall–Kier alpha value is -3.20. The van der Waals surface area contributed by atoms with E-state index in [-0.39, 0.29) is 48.3 Å². The molecule has 1 aromatic heterocycles. The van der Waals surface area contributed by atoms with Crippen LogP contribution in [0, 0.1) is 5.92 Å². The second kappa shape index (κ2) is 15.7. The summed E-state index contributed by atoms with van der Waals surface area (Å²) in [5.74, 6) is -0.330. The fourth-order valence-electron chi connectivity index (χ4n) is 4.93. The van der Waals surface area contributed by atoms with Crippen LogP contribution < -0.4 is 15.4 Å². The minimum Gasteiger partial charge on any atom is -0.490 e. The Kier molecular flexibility index (Phi) is 12.6. The van der Waals surface area contributed by atoms with Crippen molar-refractivity contribution in [2.45, 2.75) is 83.2 Å². The highest BCUT2D eigenvalue weighted by Gasteiger charge is 2.33. The molecule has 1 aromatic carbocycles. The van der Waals surface area contributed by atoms with Crippen molar-refractivity contribution in [2.24, 2.45) is 13.0 Å². The van der Waals surface area contributed by atoms with Gasteiger partial charge in [0.2, 0.25) is 0 Å². The zero-order valence-electron chi connectivity index (χ0n) is 26.8. The maximum absolute atomic E-state index is 14.2. The van der Waals surface area contributed by atoms with Crippen LogP contribution in [0.1, 0.15) is 64.2 Å². The molecule has 0 aliphatic carbocycles. The first-order chi connectivity index (χ1) is 20.7. The molecule has 3 N–H and O–H groups in total. The Labute approximate surface area is 261 Å². The molecule has 0 bridgehead atoms. The zero-order chi connectivity index (χ0) is 32.6. The van der Waals surface area contributed by atoms with Crippen molar-refractivity contribution in [1.29, 1.82) is 0 Å². The summed E-state index contributed by atoms with van der Waals surface area (Å²) in [4.78, 5) is 32.2. The van der Waals surface area contributed by atoms with Crippen LogP contribution in [0.15, 0.2) is 35.7 Å². The topological polar surface area (TPSA) is 155 Å². The van der Waals surface area contributed by atoms with Crippen LogP contribution in [0.4, 0.5) is 10.5 Å². The largest absolute Gasteiger partial charge is 0.490 e. The third-order valence-electron chi connectivity index (χ3n) is 7.52. The van der Waals surface area contributed by atoms with E-state index in [1.54, 1.807) is 41.6 Å². The number of fused-ring (bicyclic) bond motifs is 1. The first kappa shape index (κ1) is 35.3. The molecule has 1 aliphatic rings. The highest BCUT2D eigenvalue weighted by Crippen LogP contribution is 2.29. The summed E-state index contributed by atoms with van der Waals surface area (Å²) in [6.07, 6.45) is 4.37. The lowest BCUT2D eigenvalue weighted by atomic mass is 10.0. The molecule has 0 radical (unpaired) electrons. The lowest BCUT2D eigenvalue weighted by Crippen LogP contribution is -2.48. The molecule has 0 unspecified atom stereocenters. The molecule has 13 nitrogen and oxygen atoms in total. The molecule has 14 heteroatoms. The normalized spacial score (nSPS) is 21.4. The molecule has 246 valence electrons. The molecule has 44 heavy (non-hydrogen) atoms. The summed E-state index contributed by atoms with van der Waals surface area (Å²) in [6.45, 7) is 9.59. The van der Waals surface area contributed by atoms with Gasteiger partial charge >= 0.3 is 6.03 Å². The first-order valence-electron chi connectivity index (χ1n) is 15.1. The van der Waals surface area contributed by atoms with Gasteiger partial charge in [-0.2, -0.15) is 4.31 Å². The number of benzene rings is 1. The van der Waals surface area contributed by atoms with Gasteiger partial charge in [-0.15, -0.1) is 0 Å². The van der Waals surface area contributed by atoms with Gasteiger partial charge in [0, 0.05) is 57.6 Å². The van der Waals surface area contributed by atoms with Crippen molar-refractivity contribution in [1.82, 2.24) is 24.1 Å². The van der Waals surface area contributed by atoms with E-state index < -0.39 is 34.1 Å².